The predicted octanol–water partition coefficient (Wildman–Crippen LogP) is 1.47. The topological polar surface area (TPSA) is 82.2 Å². The highest BCUT2D eigenvalue weighted by Gasteiger charge is 2.21. The third kappa shape index (κ3) is 2.24. The van der Waals surface area contributed by atoms with Crippen LogP contribution in [0.25, 0.3) is 0 Å². The Labute approximate surface area is 93.9 Å². The molecule has 1 amide bonds. The van der Waals surface area contributed by atoms with Crippen molar-refractivity contribution in [2.24, 2.45) is 0 Å². The fraction of sp³-hybridized carbons (Fsp3) is 0.455. The van der Waals surface area contributed by atoms with Crippen molar-refractivity contribution in [1.29, 1.82) is 0 Å². The number of carboxylic acids is 1. The molecule has 0 saturated heterocycles. The standard InChI is InChI=1S/C11H16N2O3/c1-5(2)12-10(14)8-6(3)9(11(15)16)13-7(8)4/h5,13H,1-4H3,(H,12,14)(H,15,16). The Balaban J connectivity index is 3.14. The number of nitrogens with one attached hydrogen (secondary N) is 2. The van der Waals surface area contributed by atoms with Crippen molar-refractivity contribution in [3.63, 3.8) is 0 Å². The molecule has 0 atom stereocenters. The third-order valence-electron chi connectivity index (χ3n) is 2.30. The molecule has 0 bridgehead atoms. The van der Waals surface area contributed by atoms with Gasteiger partial charge in [-0.1, -0.05) is 0 Å². The van der Waals surface area contributed by atoms with Crippen molar-refractivity contribution in [3.05, 3.63) is 22.5 Å². The van der Waals surface area contributed by atoms with Gasteiger partial charge in [-0.3, -0.25) is 4.79 Å². The summed E-state index contributed by atoms with van der Waals surface area (Å²) in [5.41, 5.74) is 1.55. The number of aryl methyl sites for hydroxylation is 1. The number of carbonyl (C=O) groups excluding carboxylic acids is 1. The summed E-state index contributed by atoms with van der Waals surface area (Å²) >= 11 is 0. The molecular formula is C11H16N2O3. The first-order chi connectivity index (χ1) is 7.34. The second-order valence-corrected chi connectivity index (χ2v) is 4.06. The van der Waals surface area contributed by atoms with Gasteiger partial charge in [-0.05, 0) is 33.3 Å². The second-order valence-electron chi connectivity index (χ2n) is 4.06. The fourth-order valence-corrected chi connectivity index (χ4v) is 1.64. The maximum absolute atomic E-state index is 11.8. The number of carbonyl (C=O) groups is 2. The molecule has 0 spiro atoms. The highest BCUT2D eigenvalue weighted by Crippen LogP contribution is 2.17. The van der Waals surface area contributed by atoms with Crippen LogP contribution in [0.4, 0.5) is 0 Å². The zero-order valence-corrected chi connectivity index (χ0v) is 9.84. The molecule has 5 nitrogen and oxygen atoms in total. The molecule has 88 valence electrons. The van der Waals surface area contributed by atoms with Gasteiger partial charge in [0, 0.05) is 11.7 Å². The molecule has 0 aliphatic carbocycles. The van der Waals surface area contributed by atoms with Crippen LogP contribution in [-0.2, 0) is 0 Å². The summed E-state index contributed by atoms with van der Waals surface area (Å²) in [5, 5.41) is 11.6. The van der Waals surface area contributed by atoms with Crippen LogP contribution in [0.15, 0.2) is 0 Å². The van der Waals surface area contributed by atoms with Crippen molar-refractivity contribution < 1.29 is 14.7 Å². The quantitative estimate of drug-likeness (QED) is 0.727. The Kier molecular flexibility index (Phi) is 3.37. The smallest absolute Gasteiger partial charge is 0.352 e. The Hall–Kier alpha value is -1.78. The van der Waals surface area contributed by atoms with Crippen LogP contribution in [0.5, 0.6) is 0 Å². The monoisotopic (exact) mass is 224 g/mol. The zero-order valence-electron chi connectivity index (χ0n) is 9.84. The van der Waals surface area contributed by atoms with Gasteiger partial charge in [-0.15, -0.1) is 0 Å². The predicted molar refractivity (Wildman–Crippen MR) is 59.8 cm³/mol. The van der Waals surface area contributed by atoms with Crippen molar-refractivity contribution in [3.8, 4) is 0 Å². The van der Waals surface area contributed by atoms with E-state index < -0.39 is 5.97 Å². The number of amides is 1. The van der Waals surface area contributed by atoms with Gasteiger partial charge in [-0.25, -0.2) is 4.79 Å². The zero-order chi connectivity index (χ0) is 12.5. The molecule has 0 saturated carbocycles. The van der Waals surface area contributed by atoms with E-state index in [9.17, 15) is 9.59 Å². The SMILES string of the molecule is Cc1[nH]c(C(=O)O)c(C)c1C(=O)NC(C)C. The maximum atomic E-state index is 11.8. The van der Waals surface area contributed by atoms with Gasteiger partial charge in [-0.2, -0.15) is 0 Å². The van der Waals surface area contributed by atoms with E-state index >= 15 is 0 Å². The average molecular weight is 224 g/mol. The van der Waals surface area contributed by atoms with Crippen LogP contribution in [-0.4, -0.2) is 28.0 Å². The largest absolute Gasteiger partial charge is 0.477 e. The van der Waals surface area contributed by atoms with Crippen LogP contribution < -0.4 is 5.32 Å². The molecule has 3 N–H and O–H groups in total. The molecular weight excluding hydrogens is 208 g/mol. The summed E-state index contributed by atoms with van der Waals surface area (Å²) in [6.07, 6.45) is 0. The van der Waals surface area contributed by atoms with Crippen molar-refractivity contribution >= 4 is 11.9 Å². The molecule has 0 aliphatic heterocycles. The van der Waals surface area contributed by atoms with Gasteiger partial charge in [0.15, 0.2) is 0 Å². The lowest BCUT2D eigenvalue weighted by molar-refractivity contribution is 0.0690. The number of H-pyrrole nitrogens is 1. The van der Waals surface area contributed by atoms with Gasteiger partial charge in [0.05, 0.1) is 5.56 Å². The van der Waals surface area contributed by atoms with Gasteiger partial charge < -0.3 is 15.4 Å². The summed E-state index contributed by atoms with van der Waals surface area (Å²) in [4.78, 5) is 25.4. The van der Waals surface area contributed by atoms with E-state index in [0.717, 1.165) is 0 Å². The highest BCUT2D eigenvalue weighted by atomic mass is 16.4. The molecule has 1 heterocycles. The fourth-order valence-electron chi connectivity index (χ4n) is 1.64. The van der Waals surface area contributed by atoms with Gasteiger partial charge in [0.25, 0.3) is 5.91 Å². The van der Waals surface area contributed by atoms with Crippen molar-refractivity contribution in [1.82, 2.24) is 10.3 Å². The molecule has 0 aromatic carbocycles. The van der Waals surface area contributed by atoms with E-state index in [1.807, 2.05) is 13.8 Å². The van der Waals surface area contributed by atoms with Crippen LogP contribution in [0.2, 0.25) is 0 Å². The molecule has 1 rings (SSSR count). The van der Waals surface area contributed by atoms with Crippen molar-refractivity contribution in [2.75, 3.05) is 0 Å². The molecule has 1 aromatic rings. The lowest BCUT2D eigenvalue weighted by Gasteiger charge is -2.08. The second kappa shape index (κ2) is 4.38. The van der Waals surface area contributed by atoms with Crippen LogP contribution >= 0.6 is 0 Å². The van der Waals surface area contributed by atoms with Crippen LogP contribution in [0.3, 0.4) is 0 Å². The maximum Gasteiger partial charge on any atom is 0.352 e. The minimum absolute atomic E-state index is 0.0227. The Morgan fingerprint density at radius 3 is 2.25 bits per heavy atom. The number of aromatic carboxylic acids is 1. The Bertz CT molecular complexity index is 433. The summed E-state index contributed by atoms with van der Waals surface area (Å²) in [6.45, 7) is 7.03. The summed E-state index contributed by atoms with van der Waals surface area (Å²) < 4.78 is 0. The first-order valence-electron chi connectivity index (χ1n) is 5.08. The lowest BCUT2D eigenvalue weighted by atomic mass is 10.1. The van der Waals surface area contributed by atoms with E-state index in [0.29, 0.717) is 16.8 Å². The van der Waals surface area contributed by atoms with Gasteiger partial charge in [0.2, 0.25) is 0 Å². The highest BCUT2D eigenvalue weighted by molar-refractivity contribution is 6.00. The molecule has 0 fully saturated rings. The number of carboxylic acid groups (broad SMARTS) is 1. The molecule has 1 aromatic heterocycles. The Morgan fingerprint density at radius 2 is 1.88 bits per heavy atom. The summed E-state index contributed by atoms with van der Waals surface area (Å²) in [5.74, 6) is -1.29. The van der Waals surface area contributed by atoms with E-state index in [4.69, 9.17) is 5.11 Å². The minimum Gasteiger partial charge on any atom is -0.477 e. The minimum atomic E-state index is -1.05. The molecule has 0 unspecified atom stereocenters. The molecule has 0 radical (unpaired) electrons. The van der Waals surface area contributed by atoms with Gasteiger partial charge >= 0.3 is 5.97 Å². The van der Waals surface area contributed by atoms with Gasteiger partial charge in [0.1, 0.15) is 5.69 Å². The first kappa shape index (κ1) is 12.3. The number of hydrogen-bond acceptors (Lipinski definition) is 2. The van der Waals surface area contributed by atoms with E-state index in [1.165, 1.54) is 0 Å². The van der Waals surface area contributed by atoms with E-state index in [2.05, 4.69) is 10.3 Å². The lowest BCUT2D eigenvalue weighted by Crippen LogP contribution is -2.30. The van der Waals surface area contributed by atoms with E-state index in [1.54, 1.807) is 13.8 Å². The van der Waals surface area contributed by atoms with Crippen LogP contribution in [0, 0.1) is 13.8 Å². The number of aromatic nitrogens is 1. The normalized spacial score (nSPS) is 10.6. The number of hydrogen-bond donors (Lipinski definition) is 3. The third-order valence-corrected chi connectivity index (χ3v) is 2.30. The number of aromatic amines is 1. The van der Waals surface area contributed by atoms with Crippen molar-refractivity contribution in [2.45, 2.75) is 33.7 Å². The summed E-state index contributed by atoms with van der Waals surface area (Å²) in [6, 6.07) is 0.0227. The van der Waals surface area contributed by atoms with E-state index in [-0.39, 0.29) is 17.6 Å². The van der Waals surface area contributed by atoms with Crippen LogP contribution in [0.1, 0.15) is 46.0 Å². The molecule has 5 heteroatoms. The Morgan fingerprint density at radius 1 is 1.31 bits per heavy atom. The number of rotatable bonds is 3. The molecule has 0 aliphatic rings. The first-order valence-corrected chi connectivity index (χ1v) is 5.08. The molecule has 16 heavy (non-hydrogen) atoms. The average Bonchev–Trinajstić information content (AvgIpc) is 2.40. The summed E-state index contributed by atoms with van der Waals surface area (Å²) in [7, 11) is 0.